The number of hydrogen-bond acceptors (Lipinski definition) is 0. The van der Waals surface area contributed by atoms with E-state index in [0.29, 0.717) is 11.8 Å². The van der Waals surface area contributed by atoms with Gasteiger partial charge in [0, 0.05) is 0 Å². The molecule has 3 aliphatic rings. The molecule has 0 aromatic heterocycles. The minimum absolute atomic E-state index is 0.712. The number of rotatable bonds is 0. The van der Waals surface area contributed by atoms with Crippen LogP contribution in [0.4, 0.5) is 0 Å². The van der Waals surface area contributed by atoms with Gasteiger partial charge in [0.15, 0.2) is 0 Å². The van der Waals surface area contributed by atoms with Gasteiger partial charge in [-0.25, -0.2) is 0 Å². The molecule has 0 aliphatic heterocycles. The molecule has 21 heavy (non-hydrogen) atoms. The molecule has 0 saturated heterocycles. The van der Waals surface area contributed by atoms with Crippen LogP contribution in [0.3, 0.4) is 0 Å². The molecule has 104 valence electrons. The molecule has 5 rings (SSSR count). The monoisotopic (exact) mass is 272 g/mol. The summed E-state index contributed by atoms with van der Waals surface area (Å²) in [7, 11) is 0. The van der Waals surface area contributed by atoms with E-state index in [-0.39, 0.29) is 0 Å². The predicted octanol–water partition coefficient (Wildman–Crippen LogP) is 5.36. The molecular formula is C21H20. The van der Waals surface area contributed by atoms with Crippen molar-refractivity contribution in [3.05, 3.63) is 70.8 Å². The smallest absolute Gasteiger partial charge is 0.00178 e. The van der Waals surface area contributed by atoms with Crippen molar-refractivity contribution in [2.24, 2.45) is 11.8 Å². The lowest BCUT2D eigenvalue weighted by Gasteiger charge is -2.37. The van der Waals surface area contributed by atoms with Crippen molar-refractivity contribution in [2.75, 3.05) is 0 Å². The van der Waals surface area contributed by atoms with Crippen LogP contribution in [0, 0.1) is 25.7 Å². The maximum Gasteiger partial charge on any atom is -0.00178 e. The lowest BCUT2D eigenvalue weighted by molar-refractivity contribution is 0.503. The molecule has 1 saturated carbocycles. The SMILES string of the molecule is Cc1cc2c(cc1C)C1C3C=CC(C3)C1c1ccccc1-2. The summed E-state index contributed by atoms with van der Waals surface area (Å²) < 4.78 is 0. The maximum absolute atomic E-state index is 2.48. The molecular weight excluding hydrogens is 252 g/mol. The Kier molecular flexibility index (Phi) is 2.18. The van der Waals surface area contributed by atoms with Gasteiger partial charge in [-0.2, -0.15) is 0 Å². The van der Waals surface area contributed by atoms with Gasteiger partial charge in [-0.3, -0.25) is 0 Å². The molecule has 0 amide bonds. The van der Waals surface area contributed by atoms with Crippen molar-refractivity contribution < 1.29 is 0 Å². The molecule has 2 bridgehead atoms. The van der Waals surface area contributed by atoms with Gasteiger partial charge in [0.25, 0.3) is 0 Å². The van der Waals surface area contributed by atoms with Gasteiger partial charge < -0.3 is 0 Å². The Morgan fingerprint density at radius 3 is 2.24 bits per heavy atom. The van der Waals surface area contributed by atoms with Crippen molar-refractivity contribution in [1.82, 2.24) is 0 Å². The van der Waals surface area contributed by atoms with Crippen LogP contribution in [0.25, 0.3) is 11.1 Å². The molecule has 0 N–H and O–H groups in total. The second-order valence-corrected chi connectivity index (χ2v) is 7.11. The largest absolute Gasteiger partial charge is 0.0845 e. The molecule has 0 heterocycles. The van der Waals surface area contributed by atoms with E-state index < -0.39 is 0 Å². The topological polar surface area (TPSA) is 0 Å². The average molecular weight is 272 g/mol. The van der Waals surface area contributed by atoms with E-state index >= 15 is 0 Å². The lowest BCUT2D eigenvalue weighted by atomic mass is 9.67. The van der Waals surface area contributed by atoms with E-state index in [1.807, 2.05) is 0 Å². The highest BCUT2D eigenvalue weighted by Gasteiger charge is 2.49. The van der Waals surface area contributed by atoms with E-state index in [4.69, 9.17) is 0 Å². The molecule has 0 spiro atoms. The zero-order valence-electron chi connectivity index (χ0n) is 12.6. The van der Waals surface area contributed by atoms with Gasteiger partial charge in [-0.15, -0.1) is 0 Å². The summed E-state index contributed by atoms with van der Waals surface area (Å²) >= 11 is 0. The molecule has 0 nitrogen and oxygen atoms in total. The van der Waals surface area contributed by atoms with Gasteiger partial charge in [-0.05, 0) is 77.3 Å². The molecule has 4 atom stereocenters. The van der Waals surface area contributed by atoms with Gasteiger partial charge in [0.1, 0.15) is 0 Å². The van der Waals surface area contributed by atoms with Crippen LogP contribution in [0.2, 0.25) is 0 Å². The third kappa shape index (κ3) is 1.41. The first-order valence-electron chi connectivity index (χ1n) is 8.13. The molecule has 0 radical (unpaired) electrons. The minimum atomic E-state index is 0.712. The standard InChI is InChI=1S/C21H20/c1-12-9-18-16-5-3-4-6-17(16)20-14-7-8-15(11-14)21(20)19(18)10-13(12)2/h3-10,14-15,20-21H,11H2,1-2H3. The molecule has 2 aromatic rings. The predicted molar refractivity (Wildman–Crippen MR) is 87.6 cm³/mol. The minimum Gasteiger partial charge on any atom is -0.0845 e. The van der Waals surface area contributed by atoms with Crippen LogP contribution >= 0.6 is 0 Å². The molecule has 0 heteroatoms. The third-order valence-corrected chi connectivity index (χ3v) is 6.09. The Balaban J connectivity index is 1.86. The average Bonchev–Trinajstić information content (AvgIpc) is 3.11. The zero-order chi connectivity index (χ0) is 14.1. The molecule has 1 fully saturated rings. The second-order valence-electron chi connectivity index (χ2n) is 7.11. The summed E-state index contributed by atoms with van der Waals surface area (Å²) in [6, 6.07) is 14.0. The number of hydrogen-bond donors (Lipinski definition) is 0. The second kappa shape index (κ2) is 3.88. The summed E-state index contributed by atoms with van der Waals surface area (Å²) in [4.78, 5) is 0. The van der Waals surface area contributed by atoms with Crippen molar-refractivity contribution in [1.29, 1.82) is 0 Å². The lowest BCUT2D eigenvalue weighted by Crippen LogP contribution is -2.21. The Morgan fingerprint density at radius 1 is 0.762 bits per heavy atom. The van der Waals surface area contributed by atoms with Gasteiger partial charge in [0.2, 0.25) is 0 Å². The summed E-state index contributed by atoms with van der Waals surface area (Å²) in [6.07, 6.45) is 6.32. The van der Waals surface area contributed by atoms with E-state index in [1.165, 1.54) is 28.7 Å². The first-order valence-corrected chi connectivity index (χ1v) is 8.13. The number of aryl methyl sites for hydroxylation is 2. The van der Waals surface area contributed by atoms with Crippen LogP contribution < -0.4 is 0 Å². The fourth-order valence-corrected chi connectivity index (χ4v) is 5.05. The fraction of sp³-hybridized carbons (Fsp3) is 0.333. The highest BCUT2D eigenvalue weighted by molar-refractivity contribution is 5.77. The first kappa shape index (κ1) is 11.8. The Hall–Kier alpha value is -1.82. The Labute approximate surface area is 126 Å². The quantitative estimate of drug-likeness (QED) is 0.566. The highest BCUT2D eigenvalue weighted by Crippen LogP contribution is 2.62. The molecule has 2 aromatic carbocycles. The van der Waals surface area contributed by atoms with E-state index in [1.54, 1.807) is 11.1 Å². The van der Waals surface area contributed by atoms with Crippen LogP contribution in [-0.2, 0) is 0 Å². The van der Waals surface area contributed by atoms with Crippen molar-refractivity contribution in [2.45, 2.75) is 32.1 Å². The van der Waals surface area contributed by atoms with Crippen molar-refractivity contribution in [3.8, 4) is 11.1 Å². The van der Waals surface area contributed by atoms with E-state index in [9.17, 15) is 0 Å². The highest BCUT2D eigenvalue weighted by atomic mass is 14.5. The maximum atomic E-state index is 2.48. The van der Waals surface area contributed by atoms with Crippen molar-refractivity contribution in [3.63, 3.8) is 0 Å². The number of allylic oxidation sites excluding steroid dienone is 2. The summed E-state index contributed by atoms with van der Waals surface area (Å²) in [5.41, 5.74) is 9.04. The Morgan fingerprint density at radius 2 is 1.43 bits per heavy atom. The first-order chi connectivity index (χ1) is 10.2. The van der Waals surface area contributed by atoms with Crippen molar-refractivity contribution >= 4 is 0 Å². The summed E-state index contributed by atoms with van der Waals surface area (Å²) in [6.45, 7) is 4.50. The third-order valence-electron chi connectivity index (χ3n) is 6.09. The van der Waals surface area contributed by atoms with Crippen LogP contribution in [0.1, 0.15) is 40.5 Å². The Bertz CT molecular complexity index is 781. The molecule has 4 unspecified atom stereocenters. The molecule has 3 aliphatic carbocycles. The van der Waals surface area contributed by atoms with Gasteiger partial charge >= 0.3 is 0 Å². The van der Waals surface area contributed by atoms with E-state index in [0.717, 1.165) is 11.8 Å². The van der Waals surface area contributed by atoms with E-state index in [2.05, 4.69) is 62.4 Å². The van der Waals surface area contributed by atoms with Crippen LogP contribution in [0.15, 0.2) is 48.6 Å². The normalized spacial score (nSPS) is 31.0. The number of fused-ring (bicyclic) bond motifs is 10. The van der Waals surface area contributed by atoms with Crippen LogP contribution in [-0.4, -0.2) is 0 Å². The summed E-state index contributed by atoms with van der Waals surface area (Å²) in [5, 5.41) is 0. The number of benzene rings is 2. The van der Waals surface area contributed by atoms with Crippen LogP contribution in [0.5, 0.6) is 0 Å². The zero-order valence-corrected chi connectivity index (χ0v) is 12.6. The van der Waals surface area contributed by atoms with Gasteiger partial charge in [0.05, 0.1) is 0 Å². The van der Waals surface area contributed by atoms with Gasteiger partial charge in [-0.1, -0.05) is 48.6 Å². The summed E-state index contributed by atoms with van der Waals surface area (Å²) in [5.74, 6) is 2.94. The fourth-order valence-electron chi connectivity index (χ4n) is 5.05.